The van der Waals surface area contributed by atoms with Crippen LogP contribution >= 0.6 is 12.2 Å². The van der Waals surface area contributed by atoms with Gasteiger partial charge in [0.15, 0.2) is 5.11 Å². The second-order valence-electron chi connectivity index (χ2n) is 9.14. The summed E-state index contributed by atoms with van der Waals surface area (Å²) in [6.45, 7) is 4.52. The Morgan fingerprint density at radius 3 is 2.60 bits per heavy atom. The lowest BCUT2D eigenvalue weighted by Gasteiger charge is -2.43. The minimum atomic E-state index is -4.76. The first kappa shape index (κ1) is 28.6. The number of aliphatic imine (C=N–C) groups is 1. The van der Waals surface area contributed by atoms with Crippen molar-refractivity contribution in [1.82, 2.24) is 15.2 Å². The van der Waals surface area contributed by atoms with Crippen LogP contribution in [0.1, 0.15) is 42.2 Å². The van der Waals surface area contributed by atoms with Crippen molar-refractivity contribution in [1.29, 1.82) is 5.26 Å². The predicted molar refractivity (Wildman–Crippen MR) is 142 cm³/mol. The van der Waals surface area contributed by atoms with Gasteiger partial charge < -0.3 is 10.2 Å². The molecule has 2 aliphatic rings. The molecule has 1 spiro atoms. The van der Waals surface area contributed by atoms with E-state index < -0.39 is 40.6 Å². The van der Waals surface area contributed by atoms with E-state index in [0.29, 0.717) is 31.9 Å². The molecule has 1 saturated heterocycles. The number of benzene rings is 1. The number of hydrogen-bond acceptors (Lipinski definition) is 6. The zero-order chi connectivity index (χ0) is 29.2. The molecule has 1 aromatic heterocycles. The fourth-order valence-electron chi connectivity index (χ4n) is 4.37. The zero-order valence-corrected chi connectivity index (χ0v) is 21.9. The van der Waals surface area contributed by atoms with Gasteiger partial charge in [-0.05, 0) is 68.7 Å². The third-order valence-electron chi connectivity index (χ3n) is 6.72. The number of carbonyl (C=O) groups excluding carboxylic acids is 2. The molecule has 13 heteroatoms. The molecule has 8 nitrogen and oxygen atoms in total. The van der Waals surface area contributed by atoms with Crippen molar-refractivity contribution in [2.45, 2.75) is 44.4 Å². The summed E-state index contributed by atoms with van der Waals surface area (Å²) in [5.41, 5.74) is -2.80. The highest BCUT2D eigenvalue weighted by molar-refractivity contribution is 7.80. The van der Waals surface area contributed by atoms with Crippen molar-refractivity contribution >= 4 is 41.0 Å². The molecule has 0 unspecified atom stereocenters. The van der Waals surface area contributed by atoms with Crippen molar-refractivity contribution in [2.75, 3.05) is 4.90 Å². The first-order chi connectivity index (χ1) is 18.9. The van der Waals surface area contributed by atoms with Crippen LogP contribution in [-0.4, -0.2) is 44.7 Å². The van der Waals surface area contributed by atoms with Crippen LogP contribution in [0.4, 0.5) is 23.2 Å². The van der Waals surface area contributed by atoms with Crippen LogP contribution in [0.5, 0.6) is 0 Å². The standard InChI is InChI=1S/C27H22F4N6O2S/c1-16(14-34-22(13-32)17(2)27(29,30)31)36-24(39)26(9-5-10-26)37(25(36)40)19-7-8-20(21(28)12-19)23(38)35-15-18-6-3-4-11-33-18/h3-4,6-8,11-12,14H,1,5,9-10,15H2,2H3,(H,35,38)/b22-17+,34-14?. The second-order valence-corrected chi connectivity index (χ2v) is 9.51. The highest BCUT2D eigenvalue weighted by atomic mass is 32.1. The van der Waals surface area contributed by atoms with E-state index in [4.69, 9.17) is 17.5 Å². The van der Waals surface area contributed by atoms with E-state index in [-0.39, 0.29) is 28.6 Å². The molecule has 1 aliphatic heterocycles. The number of alkyl halides is 3. The van der Waals surface area contributed by atoms with Gasteiger partial charge in [0.2, 0.25) is 0 Å². The fraction of sp³-hybridized carbons (Fsp3) is 0.259. The van der Waals surface area contributed by atoms with E-state index in [0.717, 1.165) is 17.2 Å². The highest BCUT2D eigenvalue weighted by Gasteiger charge is 2.59. The lowest BCUT2D eigenvalue weighted by Crippen LogP contribution is -2.55. The Labute approximate surface area is 232 Å². The van der Waals surface area contributed by atoms with Crippen LogP contribution < -0.4 is 10.2 Å². The van der Waals surface area contributed by atoms with E-state index >= 15 is 4.39 Å². The van der Waals surface area contributed by atoms with Crippen molar-refractivity contribution in [3.63, 3.8) is 0 Å². The number of allylic oxidation sites excluding steroid dienone is 3. The molecule has 2 amide bonds. The first-order valence-corrected chi connectivity index (χ1v) is 12.4. The Balaban J connectivity index is 1.58. The number of hydrogen-bond donors (Lipinski definition) is 1. The summed E-state index contributed by atoms with van der Waals surface area (Å²) in [6, 6.07) is 10.4. The lowest BCUT2D eigenvalue weighted by molar-refractivity contribution is -0.131. The summed E-state index contributed by atoms with van der Waals surface area (Å²) >= 11 is 5.53. The molecule has 206 valence electrons. The minimum Gasteiger partial charge on any atom is -0.346 e. The summed E-state index contributed by atoms with van der Waals surface area (Å²) in [5.74, 6) is -1.99. The number of thiocarbonyl (C=S) groups is 1. The van der Waals surface area contributed by atoms with Crippen LogP contribution in [-0.2, 0) is 11.3 Å². The van der Waals surface area contributed by atoms with Crippen LogP contribution in [0.25, 0.3) is 0 Å². The van der Waals surface area contributed by atoms with Gasteiger partial charge in [0.05, 0.1) is 35.3 Å². The Morgan fingerprint density at radius 2 is 2.05 bits per heavy atom. The van der Waals surface area contributed by atoms with Crippen LogP contribution in [0.2, 0.25) is 0 Å². The quantitative estimate of drug-likeness (QED) is 0.219. The SMILES string of the molecule is C=C(C=N/C(C#N)=C(\C)C(F)(F)F)N1C(=O)C2(CCC2)N(c2ccc(C(=O)NCc3ccccn3)c(F)c2)C1=S. The van der Waals surface area contributed by atoms with Gasteiger partial charge in [-0.15, -0.1) is 0 Å². The summed E-state index contributed by atoms with van der Waals surface area (Å²) in [7, 11) is 0. The molecule has 0 atom stereocenters. The fourth-order valence-corrected chi connectivity index (χ4v) is 4.85. The lowest BCUT2D eigenvalue weighted by atomic mass is 9.75. The molecule has 2 heterocycles. The van der Waals surface area contributed by atoms with Gasteiger partial charge in [-0.25, -0.2) is 9.38 Å². The number of nitrogens with zero attached hydrogens (tertiary/aromatic N) is 5. The summed E-state index contributed by atoms with van der Waals surface area (Å²) in [5, 5.41) is 11.6. The van der Waals surface area contributed by atoms with E-state index in [1.54, 1.807) is 24.4 Å². The molecule has 0 radical (unpaired) electrons. The largest absolute Gasteiger partial charge is 0.415 e. The van der Waals surface area contributed by atoms with Crippen LogP contribution in [0, 0.1) is 17.1 Å². The normalized spacial score (nSPS) is 17.1. The van der Waals surface area contributed by atoms with E-state index in [1.165, 1.54) is 23.1 Å². The average Bonchev–Trinajstić information content (AvgIpc) is 3.14. The Bertz CT molecular complexity index is 1490. The third-order valence-corrected chi connectivity index (χ3v) is 7.09. The van der Waals surface area contributed by atoms with Gasteiger partial charge in [0.1, 0.15) is 23.1 Å². The van der Waals surface area contributed by atoms with Gasteiger partial charge in [-0.3, -0.25) is 19.5 Å². The molecule has 2 fully saturated rings. The first-order valence-electron chi connectivity index (χ1n) is 12.0. The highest BCUT2D eigenvalue weighted by Crippen LogP contribution is 2.47. The molecule has 1 aliphatic carbocycles. The molecule has 2 aromatic rings. The van der Waals surface area contributed by atoms with Gasteiger partial charge >= 0.3 is 6.18 Å². The van der Waals surface area contributed by atoms with Crippen molar-refractivity contribution in [2.24, 2.45) is 4.99 Å². The van der Waals surface area contributed by atoms with Gasteiger partial charge in [-0.1, -0.05) is 12.6 Å². The number of aromatic nitrogens is 1. The maximum Gasteiger partial charge on any atom is 0.415 e. The van der Waals surface area contributed by atoms with E-state index in [9.17, 15) is 22.8 Å². The van der Waals surface area contributed by atoms with Crippen LogP contribution in [0.15, 0.2) is 71.1 Å². The number of amides is 2. The smallest absolute Gasteiger partial charge is 0.346 e. The number of halogens is 4. The Morgan fingerprint density at radius 1 is 1.32 bits per heavy atom. The zero-order valence-electron chi connectivity index (χ0n) is 21.1. The number of rotatable bonds is 7. The average molecular weight is 571 g/mol. The Kier molecular flexibility index (Phi) is 7.84. The van der Waals surface area contributed by atoms with Gasteiger partial charge in [0.25, 0.3) is 11.8 Å². The molecular weight excluding hydrogens is 548 g/mol. The maximum atomic E-state index is 15.1. The number of carbonyl (C=O) groups is 2. The van der Waals surface area contributed by atoms with Gasteiger partial charge in [0, 0.05) is 11.9 Å². The number of nitriles is 1. The monoisotopic (exact) mass is 570 g/mol. The molecule has 1 aromatic carbocycles. The van der Waals surface area contributed by atoms with E-state index in [1.807, 2.05) is 0 Å². The van der Waals surface area contributed by atoms with Crippen molar-refractivity contribution in [3.8, 4) is 6.07 Å². The summed E-state index contributed by atoms with van der Waals surface area (Å²) < 4.78 is 54.2. The summed E-state index contributed by atoms with van der Waals surface area (Å²) in [6.07, 6.45) is -0.874. The minimum absolute atomic E-state index is 0.0806. The molecule has 1 N–H and O–H groups in total. The van der Waals surface area contributed by atoms with Crippen molar-refractivity contribution < 1.29 is 27.2 Å². The topological polar surface area (TPSA) is 102 Å². The predicted octanol–water partition coefficient (Wildman–Crippen LogP) is 4.95. The molecule has 4 rings (SSSR count). The third kappa shape index (κ3) is 5.22. The second kappa shape index (κ2) is 11.0. The molecule has 0 bridgehead atoms. The number of nitrogens with one attached hydrogen (secondary N) is 1. The van der Waals surface area contributed by atoms with Gasteiger partial charge in [-0.2, -0.15) is 18.4 Å². The molecule has 1 saturated carbocycles. The van der Waals surface area contributed by atoms with Crippen LogP contribution in [0.3, 0.4) is 0 Å². The number of anilines is 1. The summed E-state index contributed by atoms with van der Waals surface area (Å²) in [4.78, 5) is 36.2. The molecule has 40 heavy (non-hydrogen) atoms. The molecular formula is C27H22F4N6O2S. The maximum absolute atomic E-state index is 15.1. The Hall–Kier alpha value is -4.44. The van der Waals surface area contributed by atoms with E-state index in [2.05, 4.69) is 21.9 Å². The number of pyridine rings is 1. The van der Waals surface area contributed by atoms with Crippen molar-refractivity contribution in [3.05, 3.63) is 83.2 Å².